The van der Waals surface area contributed by atoms with E-state index in [0.29, 0.717) is 38.6 Å². The van der Waals surface area contributed by atoms with Gasteiger partial charge in [0.1, 0.15) is 6.61 Å². The Morgan fingerprint density at radius 2 is 1.51 bits per heavy atom. The van der Waals surface area contributed by atoms with Gasteiger partial charge >= 0.3 is 6.09 Å². The Hall–Kier alpha value is -3.15. The van der Waals surface area contributed by atoms with Crippen molar-refractivity contribution in [2.45, 2.75) is 56.7 Å². The number of amides is 1. The SMILES string of the molecule is CC(C)Cc1ccc(C2(O)CC3COCC(C2)N3C(=O)OCC2c3ccccc3-c3ccccc32)cc1. The Balaban J connectivity index is 1.17. The van der Waals surface area contributed by atoms with E-state index in [1.165, 1.54) is 27.8 Å². The summed E-state index contributed by atoms with van der Waals surface area (Å²) in [7, 11) is 0. The van der Waals surface area contributed by atoms with Gasteiger partial charge in [0.25, 0.3) is 0 Å². The monoisotopic (exact) mass is 497 g/mol. The molecule has 2 saturated heterocycles. The summed E-state index contributed by atoms with van der Waals surface area (Å²) in [5, 5.41) is 11.7. The summed E-state index contributed by atoms with van der Waals surface area (Å²) < 4.78 is 11.8. The Bertz CT molecular complexity index is 1220. The fourth-order valence-corrected chi connectivity index (χ4v) is 6.60. The van der Waals surface area contributed by atoms with Crippen molar-refractivity contribution >= 4 is 6.09 Å². The second kappa shape index (κ2) is 9.62. The number of carbonyl (C=O) groups excluding carboxylic acids is 1. The van der Waals surface area contributed by atoms with Crippen LogP contribution in [0.25, 0.3) is 11.1 Å². The molecule has 0 aromatic heterocycles. The third kappa shape index (κ3) is 4.45. The van der Waals surface area contributed by atoms with Gasteiger partial charge in [0.2, 0.25) is 0 Å². The molecular formula is C32H35NO4. The Morgan fingerprint density at radius 3 is 2.08 bits per heavy atom. The molecule has 3 aromatic rings. The van der Waals surface area contributed by atoms with E-state index in [1.54, 1.807) is 0 Å². The van der Waals surface area contributed by atoms with Crippen molar-refractivity contribution in [3.63, 3.8) is 0 Å². The number of benzene rings is 3. The van der Waals surface area contributed by atoms with E-state index < -0.39 is 5.60 Å². The molecule has 2 unspecified atom stereocenters. The number of nitrogens with zero attached hydrogens (tertiary/aromatic N) is 1. The summed E-state index contributed by atoms with van der Waals surface area (Å²) in [5.74, 6) is 0.615. The normalized spacial score (nSPS) is 24.6. The fraction of sp³-hybridized carbons (Fsp3) is 0.406. The molecule has 2 aliphatic heterocycles. The van der Waals surface area contributed by atoms with E-state index in [4.69, 9.17) is 9.47 Å². The zero-order valence-electron chi connectivity index (χ0n) is 21.6. The Kier molecular flexibility index (Phi) is 6.29. The first kappa shape index (κ1) is 24.2. The molecular weight excluding hydrogens is 462 g/mol. The maximum Gasteiger partial charge on any atom is 0.410 e. The number of hydrogen-bond acceptors (Lipinski definition) is 4. The van der Waals surface area contributed by atoms with Gasteiger partial charge in [-0.25, -0.2) is 4.79 Å². The van der Waals surface area contributed by atoms with Crippen LogP contribution < -0.4 is 0 Å². The molecule has 5 heteroatoms. The predicted octanol–water partition coefficient (Wildman–Crippen LogP) is 5.89. The van der Waals surface area contributed by atoms with Crippen molar-refractivity contribution in [2.24, 2.45) is 5.92 Å². The lowest BCUT2D eigenvalue weighted by Crippen LogP contribution is -2.62. The highest BCUT2D eigenvalue weighted by atomic mass is 16.6. The molecule has 2 heterocycles. The quantitative estimate of drug-likeness (QED) is 0.478. The van der Waals surface area contributed by atoms with Crippen LogP contribution in [0.15, 0.2) is 72.8 Å². The Labute approximate surface area is 219 Å². The number of carbonyl (C=O) groups is 1. The minimum absolute atomic E-state index is 0.0264. The largest absolute Gasteiger partial charge is 0.448 e. The van der Waals surface area contributed by atoms with Crippen LogP contribution in [-0.4, -0.2) is 48.0 Å². The first-order valence-corrected chi connectivity index (χ1v) is 13.5. The minimum atomic E-state index is -0.977. The van der Waals surface area contributed by atoms with Gasteiger partial charge in [0, 0.05) is 18.8 Å². The number of piperidine rings is 1. The second-order valence-corrected chi connectivity index (χ2v) is 11.3. The number of aliphatic hydroxyl groups is 1. The first-order valence-electron chi connectivity index (χ1n) is 13.5. The van der Waals surface area contributed by atoms with E-state index in [-0.39, 0.29) is 24.1 Å². The van der Waals surface area contributed by atoms with Crippen LogP contribution in [0, 0.1) is 5.92 Å². The van der Waals surface area contributed by atoms with Crippen LogP contribution in [0.4, 0.5) is 4.79 Å². The molecule has 192 valence electrons. The molecule has 0 spiro atoms. The number of rotatable bonds is 5. The highest BCUT2D eigenvalue weighted by Crippen LogP contribution is 2.45. The van der Waals surface area contributed by atoms with Gasteiger partial charge < -0.3 is 14.6 Å². The summed E-state index contributed by atoms with van der Waals surface area (Å²) >= 11 is 0. The average Bonchev–Trinajstić information content (AvgIpc) is 3.20. The summed E-state index contributed by atoms with van der Waals surface area (Å²) in [5.41, 5.74) is 6.06. The predicted molar refractivity (Wildman–Crippen MR) is 143 cm³/mol. The van der Waals surface area contributed by atoms with Gasteiger partial charge in [0.15, 0.2) is 0 Å². The summed E-state index contributed by atoms with van der Waals surface area (Å²) in [6.07, 6.45) is 1.59. The van der Waals surface area contributed by atoms with Crippen molar-refractivity contribution in [3.05, 3.63) is 95.1 Å². The topological polar surface area (TPSA) is 59.0 Å². The van der Waals surface area contributed by atoms with Crippen molar-refractivity contribution < 1.29 is 19.4 Å². The lowest BCUT2D eigenvalue weighted by atomic mass is 9.76. The van der Waals surface area contributed by atoms with Crippen LogP contribution in [0.1, 0.15) is 54.9 Å². The van der Waals surface area contributed by atoms with Crippen LogP contribution in [-0.2, 0) is 21.5 Å². The molecule has 6 rings (SSSR count). The van der Waals surface area contributed by atoms with Crippen molar-refractivity contribution in [1.82, 2.24) is 4.90 Å². The molecule has 2 bridgehead atoms. The zero-order chi connectivity index (χ0) is 25.6. The van der Waals surface area contributed by atoms with Crippen LogP contribution in [0.2, 0.25) is 0 Å². The Morgan fingerprint density at radius 1 is 0.946 bits per heavy atom. The van der Waals surface area contributed by atoms with Gasteiger partial charge in [-0.3, -0.25) is 4.90 Å². The molecule has 1 N–H and O–H groups in total. The van der Waals surface area contributed by atoms with Gasteiger partial charge in [0.05, 0.1) is 30.9 Å². The van der Waals surface area contributed by atoms with Crippen molar-refractivity contribution in [3.8, 4) is 11.1 Å². The summed E-state index contributed by atoms with van der Waals surface area (Å²) in [6, 6.07) is 24.6. The smallest absolute Gasteiger partial charge is 0.410 e. The molecule has 2 fully saturated rings. The number of morpholine rings is 1. The van der Waals surface area contributed by atoms with Gasteiger partial charge in [-0.2, -0.15) is 0 Å². The van der Waals surface area contributed by atoms with E-state index in [1.807, 2.05) is 17.0 Å². The fourth-order valence-electron chi connectivity index (χ4n) is 6.60. The second-order valence-electron chi connectivity index (χ2n) is 11.3. The standard InChI is InChI=1S/C32H35NO4/c1-21(2)15-22-11-13-23(14-12-22)32(35)16-24-18-36-19-25(17-32)33(24)31(34)37-20-30-28-9-5-3-7-26(28)27-8-4-6-10-29(27)30/h3-14,21,24-25,30,35H,15-20H2,1-2H3. The van der Waals surface area contributed by atoms with E-state index >= 15 is 0 Å². The lowest BCUT2D eigenvalue weighted by Gasteiger charge is -2.51. The third-order valence-corrected chi connectivity index (χ3v) is 8.24. The molecule has 5 nitrogen and oxygen atoms in total. The highest BCUT2D eigenvalue weighted by Gasteiger charge is 2.49. The molecule has 0 radical (unpaired) electrons. The van der Waals surface area contributed by atoms with Crippen molar-refractivity contribution in [1.29, 1.82) is 0 Å². The molecule has 1 aliphatic carbocycles. The van der Waals surface area contributed by atoms with E-state index in [0.717, 1.165) is 12.0 Å². The highest BCUT2D eigenvalue weighted by molar-refractivity contribution is 5.79. The number of ether oxygens (including phenoxy) is 2. The maximum absolute atomic E-state index is 13.5. The van der Waals surface area contributed by atoms with Gasteiger partial charge in [-0.15, -0.1) is 0 Å². The molecule has 3 aliphatic rings. The molecule has 1 amide bonds. The first-order chi connectivity index (χ1) is 17.9. The van der Waals surface area contributed by atoms with Crippen LogP contribution in [0.3, 0.4) is 0 Å². The average molecular weight is 498 g/mol. The summed E-state index contributed by atoms with van der Waals surface area (Å²) in [4.78, 5) is 15.3. The molecule has 0 saturated carbocycles. The molecule has 2 atom stereocenters. The van der Waals surface area contributed by atoms with Crippen LogP contribution >= 0.6 is 0 Å². The van der Waals surface area contributed by atoms with Crippen molar-refractivity contribution in [2.75, 3.05) is 19.8 Å². The zero-order valence-corrected chi connectivity index (χ0v) is 21.6. The van der Waals surface area contributed by atoms with E-state index in [9.17, 15) is 9.90 Å². The maximum atomic E-state index is 13.5. The number of fused-ring (bicyclic) bond motifs is 5. The molecule has 37 heavy (non-hydrogen) atoms. The minimum Gasteiger partial charge on any atom is -0.448 e. The summed E-state index contributed by atoms with van der Waals surface area (Å²) in [6.45, 7) is 5.54. The third-order valence-electron chi connectivity index (χ3n) is 8.24. The van der Waals surface area contributed by atoms with Gasteiger partial charge in [-0.1, -0.05) is 86.6 Å². The molecule has 3 aromatic carbocycles. The number of hydrogen-bond donors (Lipinski definition) is 1. The van der Waals surface area contributed by atoms with E-state index in [2.05, 4.69) is 74.5 Å². The van der Waals surface area contributed by atoms with Crippen LogP contribution in [0.5, 0.6) is 0 Å². The lowest BCUT2D eigenvalue weighted by molar-refractivity contribution is -0.136. The van der Waals surface area contributed by atoms with Gasteiger partial charge in [-0.05, 0) is 45.7 Å².